The molecule has 3 aromatic carbocycles. The van der Waals surface area contributed by atoms with E-state index in [4.69, 9.17) is 11.6 Å². The van der Waals surface area contributed by atoms with Gasteiger partial charge in [-0.25, -0.2) is 8.42 Å². The molecule has 0 heterocycles. The number of halogens is 1. The van der Waals surface area contributed by atoms with Crippen LogP contribution in [0.3, 0.4) is 0 Å². The standard InChI is InChI=1S/C30H33ClN4O6S/c1-2-28(30(37)32-23-12-7-8-13-23)33(20-22-11-6-9-18-27(22)31)29(36)21-34(24-14-10-15-25(19-24)35(38)39)42(40,41)26-16-4-3-5-17-26/h3-6,9-11,14-19,23,28H,2,7-8,12-13,20-21H2,1H3,(H,32,37). The monoisotopic (exact) mass is 612 g/mol. The van der Waals surface area contributed by atoms with Gasteiger partial charge < -0.3 is 10.2 Å². The number of hydrogen-bond donors (Lipinski definition) is 1. The summed E-state index contributed by atoms with van der Waals surface area (Å²) < 4.78 is 28.6. The van der Waals surface area contributed by atoms with Crippen LogP contribution in [-0.2, 0) is 26.2 Å². The van der Waals surface area contributed by atoms with Crippen molar-refractivity contribution >= 4 is 44.8 Å². The lowest BCUT2D eigenvalue weighted by Crippen LogP contribution is -2.53. The van der Waals surface area contributed by atoms with Crippen molar-refractivity contribution in [1.29, 1.82) is 0 Å². The van der Waals surface area contributed by atoms with Crippen LogP contribution >= 0.6 is 11.6 Å². The van der Waals surface area contributed by atoms with Gasteiger partial charge in [-0.05, 0) is 49.1 Å². The lowest BCUT2D eigenvalue weighted by molar-refractivity contribution is -0.384. The second-order valence-corrected chi connectivity index (χ2v) is 12.4. The molecule has 2 amide bonds. The third-order valence-electron chi connectivity index (χ3n) is 7.32. The van der Waals surface area contributed by atoms with E-state index in [-0.39, 0.29) is 41.2 Å². The molecule has 1 fully saturated rings. The van der Waals surface area contributed by atoms with Gasteiger partial charge in [0.25, 0.3) is 15.7 Å². The Balaban J connectivity index is 1.75. The van der Waals surface area contributed by atoms with E-state index in [1.54, 1.807) is 49.4 Å². The SMILES string of the molecule is CCC(C(=O)NC1CCCC1)N(Cc1ccccc1Cl)C(=O)CN(c1cccc([N+](=O)[O-])c1)S(=O)(=O)c1ccccc1. The maximum atomic E-state index is 14.1. The highest BCUT2D eigenvalue weighted by molar-refractivity contribution is 7.92. The van der Waals surface area contributed by atoms with Gasteiger partial charge >= 0.3 is 0 Å². The second kappa shape index (κ2) is 13.8. The maximum Gasteiger partial charge on any atom is 0.271 e. The lowest BCUT2D eigenvalue weighted by Gasteiger charge is -2.34. The number of carbonyl (C=O) groups is 2. The van der Waals surface area contributed by atoms with Crippen LogP contribution in [0.4, 0.5) is 11.4 Å². The van der Waals surface area contributed by atoms with Crippen molar-refractivity contribution in [2.75, 3.05) is 10.8 Å². The summed E-state index contributed by atoms with van der Waals surface area (Å²) in [6.45, 7) is 1.05. The number of nitro groups is 1. The van der Waals surface area contributed by atoms with E-state index in [0.29, 0.717) is 10.6 Å². The Bertz CT molecular complexity index is 1530. The van der Waals surface area contributed by atoms with Crippen molar-refractivity contribution in [2.45, 2.75) is 62.6 Å². The minimum absolute atomic E-state index is 0.0173. The smallest absolute Gasteiger partial charge is 0.271 e. The molecular formula is C30H33ClN4O6S. The first-order valence-electron chi connectivity index (χ1n) is 13.8. The molecule has 1 atom stereocenters. The fourth-order valence-electron chi connectivity index (χ4n) is 5.11. The van der Waals surface area contributed by atoms with Gasteiger partial charge in [-0.3, -0.25) is 24.0 Å². The van der Waals surface area contributed by atoms with Gasteiger partial charge in [-0.2, -0.15) is 0 Å². The number of hydrogen-bond acceptors (Lipinski definition) is 6. The van der Waals surface area contributed by atoms with E-state index >= 15 is 0 Å². The van der Waals surface area contributed by atoms with E-state index < -0.39 is 33.4 Å². The number of amides is 2. The first kappa shape index (κ1) is 31.0. The Morgan fingerprint density at radius 3 is 2.33 bits per heavy atom. The maximum absolute atomic E-state index is 14.1. The fourth-order valence-corrected chi connectivity index (χ4v) is 6.73. The molecule has 0 saturated heterocycles. The van der Waals surface area contributed by atoms with Crippen LogP contribution in [0, 0.1) is 10.1 Å². The predicted octanol–water partition coefficient (Wildman–Crippen LogP) is 5.31. The molecule has 42 heavy (non-hydrogen) atoms. The minimum atomic E-state index is -4.34. The lowest BCUT2D eigenvalue weighted by atomic mass is 10.1. The molecule has 1 N–H and O–H groups in total. The minimum Gasteiger partial charge on any atom is -0.352 e. The van der Waals surface area contributed by atoms with Crippen LogP contribution in [0.1, 0.15) is 44.6 Å². The summed E-state index contributed by atoms with van der Waals surface area (Å²) >= 11 is 6.43. The van der Waals surface area contributed by atoms with Crippen LogP contribution < -0.4 is 9.62 Å². The number of non-ortho nitro benzene ring substituents is 1. The zero-order chi connectivity index (χ0) is 30.3. The molecule has 0 radical (unpaired) electrons. The number of carbonyl (C=O) groups excluding carboxylic acids is 2. The third kappa shape index (κ3) is 7.27. The second-order valence-electron chi connectivity index (χ2n) is 10.1. The molecule has 4 rings (SSSR count). The molecular weight excluding hydrogens is 580 g/mol. The highest BCUT2D eigenvalue weighted by Gasteiger charge is 2.35. The number of rotatable bonds is 12. The summed E-state index contributed by atoms with van der Waals surface area (Å²) in [5.74, 6) is -0.980. The van der Waals surface area contributed by atoms with Gasteiger partial charge in [0.15, 0.2) is 0 Å². The van der Waals surface area contributed by atoms with Gasteiger partial charge in [-0.1, -0.05) is 73.8 Å². The highest BCUT2D eigenvalue weighted by atomic mass is 35.5. The molecule has 10 nitrogen and oxygen atoms in total. The van der Waals surface area contributed by atoms with Crippen molar-refractivity contribution < 1.29 is 22.9 Å². The quantitative estimate of drug-likeness (QED) is 0.218. The Hall–Kier alpha value is -3.96. The summed E-state index contributed by atoms with van der Waals surface area (Å²) in [5, 5.41) is 15.0. The summed E-state index contributed by atoms with van der Waals surface area (Å²) in [6, 6.07) is 18.7. The first-order chi connectivity index (χ1) is 20.1. The average Bonchev–Trinajstić information content (AvgIpc) is 3.50. The van der Waals surface area contributed by atoms with Crippen molar-refractivity contribution in [1.82, 2.24) is 10.2 Å². The Labute approximate surface area is 250 Å². The molecule has 0 spiro atoms. The van der Waals surface area contributed by atoms with Crippen LogP contribution in [0.2, 0.25) is 5.02 Å². The molecule has 1 unspecified atom stereocenters. The third-order valence-corrected chi connectivity index (χ3v) is 9.48. The average molecular weight is 613 g/mol. The molecule has 0 bridgehead atoms. The predicted molar refractivity (Wildman–Crippen MR) is 161 cm³/mol. The van der Waals surface area contributed by atoms with Crippen LogP contribution in [0.5, 0.6) is 0 Å². The molecule has 1 saturated carbocycles. The van der Waals surface area contributed by atoms with Crippen LogP contribution in [0.25, 0.3) is 0 Å². The highest BCUT2D eigenvalue weighted by Crippen LogP contribution is 2.28. The van der Waals surface area contributed by atoms with Gasteiger partial charge in [0.2, 0.25) is 11.8 Å². The topological polar surface area (TPSA) is 130 Å². The van der Waals surface area contributed by atoms with Crippen molar-refractivity contribution in [3.8, 4) is 0 Å². The van der Waals surface area contributed by atoms with E-state index in [2.05, 4.69) is 5.32 Å². The van der Waals surface area contributed by atoms with Crippen LogP contribution in [-0.4, -0.2) is 48.7 Å². The Morgan fingerprint density at radius 1 is 1.02 bits per heavy atom. The zero-order valence-electron chi connectivity index (χ0n) is 23.2. The summed E-state index contributed by atoms with van der Waals surface area (Å²) in [4.78, 5) is 39.8. The number of anilines is 1. The molecule has 0 aromatic heterocycles. The van der Waals surface area contributed by atoms with E-state index in [1.807, 2.05) is 0 Å². The van der Waals surface area contributed by atoms with Gasteiger partial charge in [0.1, 0.15) is 12.6 Å². The van der Waals surface area contributed by atoms with E-state index in [9.17, 15) is 28.1 Å². The zero-order valence-corrected chi connectivity index (χ0v) is 24.8. The van der Waals surface area contributed by atoms with E-state index in [0.717, 1.165) is 36.1 Å². The molecule has 1 aliphatic rings. The van der Waals surface area contributed by atoms with Crippen LogP contribution in [0.15, 0.2) is 83.8 Å². The number of nitrogens with one attached hydrogen (secondary N) is 1. The number of nitrogens with zero attached hydrogens (tertiary/aromatic N) is 3. The van der Waals surface area contributed by atoms with Crippen molar-refractivity contribution in [3.05, 3.63) is 99.6 Å². The van der Waals surface area contributed by atoms with Gasteiger partial charge in [-0.15, -0.1) is 0 Å². The largest absolute Gasteiger partial charge is 0.352 e. The normalized spacial score (nSPS) is 14.2. The fraction of sp³-hybridized carbons (Fsp3) is 0.333. The summed E-state index contributed by atoms with van der Waals surface area (Å²) in [7, 11) is -4.34. The molecule has 1 aliphatic carbocycles. The summed E-state index contributed by atoms with van der Waals surface area (Å²) in [5.41, 5.74) is 0.207. The van der Waals surface area contributed by atoms with Crippen molar-refractivity contribution in [3.63, 3.8) is 0 Å². The first-order valence-corrected chi connectivity index (χ1v) is 15.6. The molecule has 0 aliphatic heterocycles. The Kier molecular flexibility index (Phi) is 10.2. The molecule has 3 aromatic rings. The number of nitro benzene ring substituents is 1. The Morgan fingerprint density at radius 2 is 1.69 bits per heavy atom. The number of sulfonamides is 1. The van der Waals surface area contributed by atoms with Gasteiger partial charge in [0, 0.05) is 29.7 Å². The van der Waals surface area contributed by atoms with Gasteiger partial charge in [0.05, 0.1) is 15.5 Å². The van der Waals surface area contributed by atoms with Crippen molar-refractivity contribution in [2.24, 2.45) is 0 Å². The number of benzene rings is 3. The molecule has 12 heteroatoms. The van der Waals surface area contributed by atoms with E-state index in [1.165, 1.54) is 35.2 Å². The molecule has 222 valence electrons. The summed E-state index contributed by atoms with van der Waals surface area (Å²) in [6.07, 6.45) is 4.02.